The average Bonchev–Trinajstić information content (AvgIpc) is 2.61. The highest BCUT2D eigenvalue weighted by Gasteiger charge is 2.08. The zero-order valence-corrected chi connectivity index (χ0v) is 14.9. The molecule has 0 saturated carbocycles. The van der Waals surface area contributed by atoms with Gasteiger partial charge in [0.1, 0.15) is 17.1 Å². The van der Waals surface area contributed by atoms with Gasteiger partial charge in [-0.3, -0.25) is 4.98 Å². The third kappa shape index (κ3) is 3.72. The fourth-order valence-corrected chi connectivity index (χ4v) is 2.92. The van der Waals surface area contributed by atoms with Gasteiger partial charge in [-0.1, -0.05) is 17.7 Å². The number of anilines is 1. The van der Waals surface area contributed by atoms with E-state index in [9.17, 15) is 5.11 Å². The molecule has 0 aliphatic heterocycles. The van der Waals surface area contributed by atoms with Gasteiger partial charge in [0.15, 0.2) is 0 Å². The molecule has 0 atom stereocenters. The molecule has 1 aromatic heterocycles. The van der Waals surface area contributed by atoms with Crippen LogP contribution in [-0.2, 0) is 0 Å². The Hall–Kier alpha value is -2.66. The summed E-state index contributed by atoms with van der Waals surface area (Å²) in [5.41, 5.74) is 2.64. The minimum Gasteiger partial charge on any atom is -0.506 e. The maximum atomic E-state index is 10.3. The molecule has 0 saturated heterocycles. The second-order valence-corrected chi connectivity index (χ2v) is 5.98. The SMILES string of the molecule is CCN(CC)c1ccc(N=Nc2cc(Cl)cc3cccnc23)c(O)c1. The molecule has 6 heteroatoms. The van der Waals surface area contributed by atoms with Crippen LogP contribution in [0.2, 0.25) is 5.02 Å². The number of aromatic hydroxyl groups is 1. The van der Waals surface area contributed by atoms with Gasteiger partial charge in [0, 0.05) is 41.4 Å². The monoisotopic (exact) mass is 354 g/mol. The van der Waals surface area contributed by atoms with Gasteiger partial charge >= 0.3 is 0 Å². The Morgan fingerprint density at radius 2 is 1.80 bits per heavy atom. The van der Waals surface area contributed by atoms with E-state index in [-0.39, 0.29) is 5.75 Å². The van der Waals surface area contributed by atoms with E-state index in [2.05, 4.69) is 34.0 Å². The van der Waals surface area contributed by atoms with Crippen molar-refractivity contribution in [3.8, 4) is 5.75 Å². The van der Waals surface area contributed by atoms with Crippen LogP contribution >= 0.6 is 11.6 Å². The molecule has 1 N–H and O–H groups in total. The third-order valence-electron chi connectivity index (χ3n) is 4.00. The number of phenolic OH excluding ortho intramolecular Hbond substituents is 1. The van der Waals surface area contributed by atoms with Crippen LogP contribution in [0.25, 0.3) is 10.9 Å². The smallest absolute Gasteiger partial charge is 0.145 e. The Morgan fingerprint density at radius 1 is 1.04 bits per heavy atom. The molecule has 5 nitrogen and oxygen atoms in total. The molecular formula is C19H19ClN4O. The first-order valence-corrected chi connectivity index (χ1v) is 8.54. The number of pyridine rings is 1. The molecule has 3 rings (SSSR count). The number of benzene rings is 2. The number of hydrogen-bond acceptors (Lipinski definition) is 5. The van der Waals surface area contributed by atoms with E-state index in [1.165, 1.54) is 0 Å². The summed E-state index contributed by atoms with van der Waals surface area (Å²) in [5, 5.41) is 20.1. The highest BCUT2D eigenvalue weighted by atomic mass is 35.5. The summed E-state index contributed by atoms with van der Waals surface area (Å²) in [4.78, 5) is 6.48. The van der Waals surface area contributed by atoms with Gasteiger partial charge in [-0.25, -0.2) is 0 Å². The van der Waals surface area contributed by atoms with Crippen LogP contribution in [0, 0.1) is 0 Å². The Kier molecular flexibility index (Phi) is 5.14. The average molecular weight is 355 g/mol. The minimum atomic E-state index is 0.0902. The number of rotatable bonds is 5. The van der Waals surface area contributed by atoms with Crippen LogP contribution < -0.4 is 4.90 Å². The van der Waals surface area contributed by atoms with Crippen LogP contribution in [0.3, 0.4) is 0 Å². The fourth-order valence-electron chi connectivity index (χ4n) is 2.70. The van der Waals surface area contributed by atoms with Crippen molar-refractivity contribution in [2.45, 2.75) is 13.8 Å². The maximum absolute atomic E-state index is 10.3. The molecule has 1 heterocycles. The number of fused-ring (bicyclic) bond motifs is 1. The molecule has 0 aliphatic carbocycles. The number of aromatic nitrogens is 1. The Labute approximate surface area is 151 Å². The summed E-state index contributed by atoms with van der Waals surface area (Å²) in [6.07, 6.45) is 1.70. The zero-order chi connectivity index (χ0) is 17.8. The van der Waals surface area contributed by atoms with Crippen LogP contribution in [-0.4, -0.2) is 23.2 Å². The number of halogens is 1. The number of azo groups is 1. The van der Waals surface area contributed by atoms with Crippen molar-refractivity contribution >= 4 is 39.6 Å². The molecule has 0 radical (unpaired) electrons. The molecule has 0 bridgehead atoms. The quantitative estimate of drug-likeness (QED) is 0.584. The molecule has 25 heavy (non-hydrogen) atoms. The van der Waals surface area contributed by atoms with Gasteiger partial charge in [0.05, 0.1) is 5.52 Å². The predicted octanol–water partition coefficient (Wildman–Crippen LogP) is 5.86. The van der Waals surface area contributed by atoms with Gasteiger partial charge in [-0.05, 0) is 44.2 Å². The fraction of sp³-hybridized carbons (Fsp3) is 0.211. The summed E-state index contributed by atoms with van der Waals surface area (Å²) in [6.45, 7) is 5.89. The van der Waals surface area contributed by atoms with E-state index >= 15 is 0 Å². The van der Waals surface area contributed by atoms with E-state index in [4.69, 9.17) is 11.6 Å². The van der Waals surface area contributed by atoms with Crippen molar-refractivity contribution in [1.82, 2.24) is 4.98 Å². The lowest BCUT2D eigenvalue weighted by molar-refractivity contribution is 0.476. The van der Waals surface area contributed by atoms with Gasteiger partial charge in [-0.2, -0.15) is 0 Å². The summed E-state index contributed by atoms with van der Waals surface area (Å²) in [5.74, 6) is 0.0902. The molecule has 128 valence electrons. The van der Waals surface area contributed by atoms with Gasteiger partial charge < -0.3 is 10.0 Å². The molecule has 3 aromatic rings. The van der Waals surface area contributed by atoms with Crippen molar-refractivity contribution in [2.24, 2.45) is 10.2 Å². The van der Waals surface area contributed by atoms with E-state index in [1.807, 2.05) is 24.3 Å². The minimum absolute atomic E-state index is 0.0902. The first kappa shape index (κ1) is 17.2. The summed E-state index contributed by atoms with van der Waals surface area (Å²) in [6, 6.07) is 12.7. The van der Waals surface area contributed by atoms with Gasteiger partial charge in [-0.15, -0.1) is 10.2 Å². The maximum Gasteiger partial charge on any atom is 0.145 e. The summed E-state index contributed by atoms with van der Waals surface area (Å²) < 4.78 is 0. The first-order chi connectivity index (χ1) is 12.1. The molecule has 0 unspecified atom stereocenters. The standard InChI is InChI=1S/C19H19ClN4O/c1-3-24(4-2)15-7-8-16(18(25)12-15)22-23-17-11-14(20)10-13-6-5-9-21-19(13)17/h5-12,25H,3-4H2,1-2H3. The van der Waals surface area contributed by atoms with Crippen molar-refractivity contribution in [2.75, 3.05) is 18.0 Å². The summed E-state index contributed by atoms with van der Waals surface area (Å²) in [7, 11) is 0. The number of hydrogen-bond donors (Lipinski definition) is 1. The third-order valence-corrected chi connectivity index (χ3v) is 4.22. The molecule has 0 fully saturated rings. The van der Waals surface area contributed by atoms with E-state index < -0.39 is 0 Å². The largest absolute Gasteiger partial charge is 0.506 e. The lowest BCUT2D eigenvalue weighted by atomic mass is 10.2. The van der Waals surface area contributed by atoms with Gasteiger partial charge in [0.25, 0.3) is 0 Å². The van der Waals surface area contributed by atoms with Crippen LogP contribution in [0.15, 0.2) is 58.9 Å². The second kappa shape index (κ2) is 7.49. The molecule has 0 amide bonds. The van der Waals surface area contributed by atoms with Crippen LogP contribution in [0.1, 0.15) is 13.8 Å². The molecule has 2 aromatic carbocycles. The van der Waals surface area contributed by atoms with Crippen molar-refractivity contribution in [3.05, 3.63) is 53.7 Å². The molecular weight excluding hydrogens is 336 g/mol. The number of nitrogens with zero attached hydrogens (tertiary/aromatic N) is 4. The molecule has 0 spiro atoms. The highest BCUT2D eigenvalue weighted by molar-refractivity contribution is 6.31. The lowest BCUT2D eigenvalue weighted by Gasteiger charge is -2.21. The Bertz CT molecular complexity index is 922. The lowest BCUT2D eigenvalue weighted by Crippen LogP contribution is -2.21. The second-order valence-electron chi connectivity index (χ2n) is 5.55. The van der Waals surface area contributed by atoms with Crippen molar-refractivity contribution < 1.29 is 5.11 Å². The Morgan fingerprint density at radius 3 is 2.52 bits per heavy atom. The van der Waals surface area contributed by atoms with Crippen LogP contribution in [0.4, 0.5) is 17.1 Å². The predicted molar refractivity (Wildman–Crippen MR) is 103 cm³/mol. The van der Waals surface area contributed by atoms with Crippen LogP contribution in [0.5, 0.6) is 5.75 Å². The summed E-state index contributed by atoms with van der Waals surface area (Å²) >= 11 is 6.14. The zero-order valence-electron chi connectivity index (χ0n) is 14.1. The Balaban J connectivity index is 1.95. The van der Waals surface area contributed by atoms with E-state index in [0.717, 1.165) is 29.7 Å². The molecule has 0 aliphatic rings. The first-order valence-electron chi connectivity index (χ1n) is 8.16. The highest BCUT2D eigenvalue weighted by Crippen LogP contribution is 2.34. The van der Waals surface area contributed by atoms with Crippen molar-refractivity contribution in [1.29, 1.82) is 0 Å². The van der Waals surface area contributed by atoms with Gasteiger partial charge in [0.2, 0.25) is 0 Å². The van der Waals surface area contributed by atoms with Crippen molar-refractivity contribution in [3.63, 3.8) is 0 Å². The topological polar surface area (TPSA) is 61.1 Å². The van der Waals surface area contributed by atoms with E-state index in [1.54, 1.807) is 24.4 Å². The number of phenols is 1. The van der Waals surface area contributed by atoms with E-state index in [0.29, 0.717) is 16.4 Å². The normalized spacial score (nSPS) is 11.3.